The highest BCUT2D eigenvalue weighted by atomic mass is 35.5. The summed E-state index contributed by atoms with van der Waals surface area (Å²) in [7, 11) is 3.29. The Kier molecular flexibility index (Phi) is 9.01. The average molecular weight is 514 g/mol. The number of amides is 1. The van der Waals surface area contributed by atoms with E-state index in [9.17, 15) is 4.79 Å². The van der Waals surface area contributed by atoms with E-state index in [0.717, 1.165) is 72.5 Å². The minimum atomic E-state index is 0.0546. The first-order valence-corrected chi connectivity index (χ1v) is 13.2. The lowest BCUT2D eigenvalue weighted by Gasteiger charge is -2.25. The summed E-state index contributed by atoms with van der Waals surface area (Å²) in [6, 6.07) is 14.0. The number of benzene rings is 2. The Hall–Kier alpha value is -2.61. The van der Waals surface area contributed by atoms with E-state index in [-0.39, 0.29) is 5.91 Å². The summed E-state index contributed by atoms with van der Waals surface area (Å²) in [6.07, 6.45) is 4.19. The van der Waals surface area contributed by atoms with Crippen molar-refractivity contribution in [2.75, 3.05) is 33.9 Å². The number of ether oxygens (including phenoxy) is 2. The number of halogens is 1. The zero-order valence-electron chi connectivity index (χ0n) is 20.3. The predicted octanol–water partition coefficient (Wildman–Crippen LogP) is 5.68. The molecule has 1 aliphatic heterocycles. The van der Waals surface area contributed by atoms with Gasteiger partial charge in [-0.25, -0.2) is 4.98 Å². The number of piperidine rings is 1. The molecular weight excluding hydrogens is 482 g/mol. The summed E-state index contributed by atoms with van der Waals surface area (Å²) in [5.41, 5.74) is 2.87. The van der Waals surface area contributed by atoms with E-state index in [0.29, 0.717) is 12.2 Å². The summed E-state index contributed by atoms with van der Waals surface area (Å²) in [5.74, 6) is 1.51. The highest BCUT2D eigenvalue weighted by Gasteiger charge is 2.21. The number of nitrogens with zero attached hydrogens (tertiary/aromatic N) is 3. The molecule has 0 unspecified atom stereocenters. The van der Waals surface area contributed by atoms with E-state index in [1.54, 1.807) is 25.6 Å². The lowest BCUT2D eigenvalue weighted by Crippen LogP contribution is -2.35. The van der Waals surface area contributed by atoms with Crippen LogP contribution in [0.25, 0.3) is 0 Å². The number of likely N-dealkylation sites (tertiary alicyclic amines) is 1. The van der Waals surface area contributed by atoms with Crippen LogP contribution in [0.15, 0.2) is 47.8 Å². The third-order valence-electron chi connectivity index (χ3n) is 6.23. The zero-order chi connectivity index (χ0) is 24.6. The molecule has 1 aliphatic rings. The SMILES string of the molecule is COc1ccc(CCN(Cc2cccc(Cl)c2)Cc2nc(C(=O)N3CCCCC3)cs2)cc1OC. The maximum atomic E-state index is 12.9. The number of hydrogen-bond donors (Lipinski definition) is 0. The fourth-order valence-corrected chi connectivity index (χ4v) is 5.39. The van der Waals surface area contributed by atoms with Crippen LogP contribution < -0.4 is 9.47 Å². The minimum Gasteiger partial charge on any atom is -0.493 e. The molecule has 1 amide bonds. The van der Waals surface area contributed by atoms with Gasteiger partial charge in [-0.2, -0.15) is 0 Å². The molecule has 1 aromatic heterocycles. The molecule has 1 saturated heterocycles. The highest BCUT2D eigenvalue weighted by molar-refractivity contribution is 7.09. The molecule has 6 nitrogen and oxygen atoms in total. The Morgan fingerprint density at radius 1 is 1.03 bits per heavy atom. The molecule has 2 heterocycles. The Balaban J connectivity index is 1.47. The second-order valence-corrected chi connectivity index (χ2v) is 10.1. The van der Waals surface area contributed by atoms with Crippen LogP contribution in [0, 0.1) is 0 Å². The maximum absolute atomic E-state index is 12.9. The first kappa shape index (κ1) is 25.5. The van der Waals surface area contributed by atoms with Crippen molar-refractivity contribution in [1.82, 2.24) is 14.8 Å². The van der Waals surface area contributed by atoms with Gasteiger partial charge in [-0.1, -0.05) is 29.8 Å². The molecule has 35 heavy (non-hydrogen) atoms. The number of thiazole rings is 1. The molecule has 0 spiro atoms. The number of rotatable bonds is 10. The lowest BCUT2D eigenvalue weighted by atomic mass is 10.1. The quantitative estimate of drug-likeness (QED) is 0.349. The molecule has 0 N–H and O–H groups in total. The third kappa shape index (κ3) is 6.97. The zero-order valence-corrected chi connectivity index (χ0v) is 21.9. The van der Waals surface area contributed by atoms with Gasteiger partial charge >= 0.3 is 0 Å². The van der Waals surface area contributed by atoms with Gasteiger partial charge in [0.15, 0.2) is 11.5 Å². The van der Waals surface area contributed by atoms with Gasteiger partial charge in [0.2, 0.25) is 0 Å². The van der Waals surface area contributed by atoms with Gasteiger partial charge in [-0.3, -0.25) is 9.69 Å². The van der Waals surface area contributed by atoms with Crippen LogP contribution in [0.3, 0.4) is 0 Å². The van der Waals surface area contributed by atoms with Crippen molar-refractivity contribution in [3.05, 3.63) is 74.7 Å². The Morgan fingerprint density at radius 2 is 1.83 bits per heavy atom. The Bertz CT molecular complexity index is 1130. The van der Waals surface area contributed by atoms with E-state index < -0.39 is 0 Å². The van der Waals surface area contributed by atoms with Crippen LogP contribution in [0.1, 0.15) is 45.9 Å². The predicted molar refractivity (Wildman–Crippen MR) is 141 cm³/mol. The standard InChI is InChI=1S/C27H32ClN3O3S/c1-33-24-10-9-20(16-25(24)34-2)11-14-30(17-21-7-6-8-22(28)15-21)18-26-29-23(19-35-26)27(32)31-12-4-3-5-13-31/h6-10,15-16,19H,3-5,11-14,17-18H2,1-2H3. The van der Waals surface area contributed by atoms with Gasteiger partial charge in [0.25, 0.3) is 5.91 Å². The maximum Gasteiger partial charge on any atom is 0.273 e. The molecule has 0 atom stereocenters. The van der Waals surface area contributed by atoms with E-state index in [1.165, 1.54) is 12.0 Å². The van der Waals surface area contributed by atoms with E-state index >= 15 is 0 Å². The van der Waals surface area contributed by atoms with E-state index in [1.807, 2.05) is 40.6 Å². The first-order chi connectivity index (χ1) is 17.1. The summed E-state index contributed by atoms with van der Waals surface area (Å²) >= 11 is 7.79. The normalized spacial score (nSPS) is 13.8. The summed E-state index contributed by atoms with van der Waals surface area (Å²) < 4.78 is 10.8. The molecule has 3 aromatic rings. The lowest BCUT2D eigenvalue weighted by molar-refractivity contribution is 0.0719. The molecule has 8 heteroatoms. The van der Waals surface area contributed by atoms with Crippen LogP contribution in [0.2, 0.25) is 5.02 Å². The fraction of sp³-hybridized carbons (Fsp3) is 0.407. The molecular formula is C27H32ClN3O3S. The molecule has 0 bridgehead atoms. The highest BCUT2D eigenvalue weighted by Crippen LogP contribution is 2.28. The van der Waals surface area contributed by atoms with Crippen molar-refractivity contribution < 1.29 is 14.3 Å². The summed E-state index contributed by atoms with van der Waals surface area (Å²) in [6.45, 7) is 3.88. The van der Waals surface area contributed by atoms with E-state index in [2.05, 4.69) is 17.0 Å². The molecule has 0 radical (unpaired) electrons. The second kappa shape index (κ2) is 12.4. The van der Waals surface area contributed by atoms with Crippen LogP contribution in [-0.4, -0.2) is 54.5 Å². The molecule has 4 rings (SSSR count). The van der Waals surface area contributed by atoms with Crippen LogP contribution in [0.5, 0.6) is 11.5 Å². The number of aromatic nitrogens is 1. The van der Waals surface area contributed by atoms with E-state index in [4.69, 9.17) is 26.1 Å². The Morgan fingerprint density at radius 3 is 2.57 bits per heavy atom. The molecule has 0 saturated carbocycles. The van der Waals surface area contributed by atoms with Gasteiger partial charge in [0.05, 0.1) is 20.8 Å². The largest absolute Gasteiger partial charge is 0.493 e. The van der Waals surface area contributed by atoms with Gasteiger partial charge in [0, 0.05) is 36.6 Å². The second-order valence-electron chi connectivity index (χ2n) is 8.76. The van der Waals surface area contributed by atoms with Crippen molar-refractivity contribution in [2.45, 2.75) is 38.8 Å². The number of carbonyl (C=O) groups is 1. The molecule has 2 aromatic carbocycles. The number of methoxy groups -OCH3 is 2. The summed E-state index contributed by atoms with van der Waals surface area (Å²) in [4.78, 5) is 21.9. The van der Waals surface area contributed by atoms with Crippen LogP contribution in [-0.2, 0) is 19.5 Å². The van der Waals surface area contributed by atoms with Crippen molar-refractivity contribution in [1.29, 1.82) is 0 Å². The average Bonchev–Trinajstić information content (AvgIpc) is 3.35. The monoisotopic (exact) mass is 513 g/mol. The van der Waals surface area contributed by atoms with Crippen molar-refractivity contribution in [3.63, 3.8) is 0 Å². The van der Waals surface area contributed by atoms with Crippen LogP contribution in [0.4, 0.5) is 0 Å². The minimum absolute atomic E-state index is 0.0546. The van der Waals surface area contributed by atoms with Crippen LogP contribution >= 0.6 is 22.9 Å². The first-order valence-electron chi connectivity index (χ1n) is 12.0. The summed E-state index contributed by atoms with van der Waals surface area (Å²) in [5, 5.41) is 3.57. The van der Waals surface area contributed by atoms with Crippen molar-refractivity contribution in [2.24, 2.45) is 0 Å². The third-order valence-corrected chi connectivity index (χ3v) is 7.30. The topological polar surface area (TPSA) is 54.9 Å². The van der Waals surface area contributed by atoms with Gasteiger partial charge in [-0.05, 0) is 61.1 Å². The smallest absolute Gasteiger partial charge is 0.273 e. The Labute approximate surface area is 216 Å². The number of carbonyl (C=O) groups excluding carboxylic acids is 1. The van der Waals surface area contributed by atoms with Crippen molar-refractivity contribution in [3.8, 4) is 11.5 Å². The molecule has 1 fully saturated rings. The number of hydrogen-bond acceptors (Lipinski definition) is 6. The van der Waals surface area contributed by atoms with Crippen molar-refractivity contribution >= 4 is 28.8 Å². The van der Waals surface area contributed by atoms with Gasteiger partial charge in [0.1, 0.15) is 10.7 Å². The molecule has 186 valence electrons. The van der Waals surface area contributed by atoms with Gasteiger partial charge in [-0.15, -0.1) is 11.3 Å². The fourth-order valence-electron chi connectivity index (χ4n) is 4.36. The molecule has 0 aliphatic carbocycles. The van der Waals surface area contributed by atoms with Gasteiger partial charge < -0.3 is 14.4 Å².